The van der Waals surface area contributed by atoms with Crippen molar-refractivity contribution in [1.29, 1.82) is 0 Å². The van der Waals surface area contributed by atoms with Crippen molar-refractivity contribution in [1.82, 2.24) is 0 Å². The minimum absolute atomic E-state index is 0.0682. The lowest BCUT2D eigenvalue weighted by atomic mass is 10.1. The van der Waals surface area contributed by atoms with Crippen molar-refractivity contribution in [3.05, 3.63) is 45.4 Å². The van der Waals surface area contributed by atoms with Gasteiger partial charge < -0.3 is 19.7 Å². The second-order valence-corrected chi connectivity index (χ2v) is 7.70. The van der Waals surface area contributed by atoms with Crippen LogP contribution in [-0.4, -0.2) is 44.8 Å². The average Bonchev–Trinajstić information content (AvgIpc) is 2.60. The number of carbonyl (C=O) groups is 2. The van der Waals surface area contributed by atoms with Gasteiger partial charge in [-0.3, -0.25) is 4.72 Å². The first-order valence-corrected chi connectivity index (χ1v) is 9.50. The SMILES string of the molecule is COc1cc(NS(=O)(=O)c2cc(C(=O)O)c(Cl)cc2Cl)c(C(=O)O)cc1OC. The van der Waals surface area contributed by atoms with Crippen LogP contribution in [0, 0.1) is 0 Å². The van der Waals surface area contributed by atoms with Crippen LogP contribution in [0.25, 0.3) is 0 Å². The number of aromatic carboxylic acids is 2. The van der Waals surface area contributed by atoms with E-state index in [1.54, 1.807) is 0 Å². The number of anilines is 1. The highest BCUT2D eigenvalue weighted by molar-refractivity contribution is 7.92. The fraction of sp³-hybridized carbons (Fsp3) is 0.125. The van der Waals surface area contributed by atoms with E-state index in [9.17, 15) is 23.1 Å². The number of benzene rings is 2. The first-order valence-electron chi connectivity index (χ1n) is 7.26. The number of halogens is 2. The number of ether oxygens (including phenoxy) is 2. The maximum Gasteiger partial charge on any atom is 0.337 e. The first kappa shape index (κ1) is 21.6. The van der Waals surface area contributed by atoms with Crippen molar-refractivity contribution in [2.24, 2.45) is 0 Å². The molecule has 9 nitrogen and oxygen atoms in total. The Morgan fingerprint density at radius 3 is 1.93 bits per heavy atom. The van der Waals surface area contributed by atoms with Gasteiger partial charge in [0.15, 0.2) is 11.5 Å². The lowest BCUT2D eigenvalue weighted by Gasteiger charge is -2.15. The molecule has 2 aromatic rings. The summed E-state index contributed by atoms with van der Waals surface area (Å²) in [6, 6.07) is 3.93. The Morgan fingerprint density at radius 2 is 1.43 bits per heavy atom. The largest absolute Gasteiger partial charge is 0.493 e. The van der Waals surface area contributed by atoms with Gasteiger partial charge in [0.05, 0.1) is 41.1 Å². The molecule has 2 rings (SSSR count). The molecule has 0 unspecified atom stereocenters. The Hall–Kier alpha value is -2.69. The molecule has 3 N–H and O–H groups in total. The van der Waals surface area contributed by atoms with E-state index in [1.807, 2.05) is 0 Å². The molecule has 0 aliphatic rings. The molecular formula is C16H13Cl2NO8S. The van der Waals surface area contributed by atoms with Gasteiger partial charge in [-0.05, 0) is 12.1 Å². The molecule has 28 heavy (non-hydrogen) atoms. The zero-order valence-corrected chi connectivity index (χ0v) is 16.6. The van der Waals surface area contributed by atoms with Gasteiger partial charge in [-0.15, -0.1) is 0 Å². The van der Waals surface area contributed by atoms with Gasteiger partial charge in [0, 0.05) is 12.1 Å². The van der Waals surface area contributed by atoms with Crippen LogP contribution in [0.3, 0.4) is 0 Å². The summed E-state index contributed by atoms with van der Waals surface area (Å²) in [7, 11) is -1.91. The fourth-order valence-electron chi connectivity index (χ4n) is 2.24. The van der Waals surface area contributed by atoms with E-state index in [0.717, 1.165) is 24.3 Å². The molecule has 0 aliphatic carbocycles. The molecule has 0 heterocycles. The fourth-order valence-corrected chi connectivity index (χ4v) is 4.16. The molecule has 12 heteroatoms. The number of rotatable bonds is 7. The summed E-state index contributed by atoms with van der Waals surface area (Å²) in [5.41, 5.74) is -1.25. The number of carboxylic acids is 2. The summed E-state index contributed by atoms with van der Waals surface area (Å²) in [5, 5.41) is 17.9. The van der Waals surface area contributed by atoms with Crippen molar-refractivity contribution >= 4 is 50.9 Å². The standard InChI is InChI=1S/C16H13Cl2NO8S/c1-26-12-3-8(16(22)23)11(6-13(12)27-2)19-28(24,25)14-4-7(15(20)21)9(17)5-10(14)18/h3-6,19H,1-2H3,(H,20,21)(H,22,23). The van der Waals surface area contributed by atoms with E-state index < -0.39 is 38.0 Å². The predicted molar refractivity (Wildman–Crippen MR) is 101 cm³/mol. The lowest BCUT2D eigenvalue weighted by molar-refractivity contribution is 0.0686. The lowest BCUT2D eigenvalue weighted by Crippen LogP contribution is -2.17. The zero-order valence-electron chi connectivity index (χ0n) is 14.3. The van der Waals surface area contributed by atoms with E-state index in [0.29, 0.717) is 0 Å². The van der Waals surface area contributed by atoms with Crippen molar-refractivity contribution in [3.63, 3.8) is 0 Å². The summed E-state index contributed by atoms with van der Waals surface area (Å²) in [6.45, 7) is 0. The molecule has 0 saturated heterocycles. The quantitative estimate of drug-likeness (QED) is 0.585. The second-order valence-electron chi connectivity index (χ2n) is 5.23. The molecule has 150 valence electrons. The van der Waals surface area contributed by atoms with Gasteiger partial charge in [-0.1, -0.05) is 23.2 Å². The molecular weight excluding hydrogens is 437 g/mol. The van der Waals surface area contributed by atoms with Crippen molar-refractivity contribution in [2.45, 2.75) is 4.90 Å². The van der Waals surface area contributed by atoms with E-state index in [1.165, 1.54) is 14.2 Å². The van der Waals surface area contributed by atoms with E-state index >= 15 is 0 Å². The Labute approximate surface area is 169 Å². The summed E-state index contributed by atoms with van der Waals surface area (Å²) in [5.74, 6) is -2.76. The van der Waals surface area contributed by atoms with E-state index in [-0.39, 0.29) is 27.2 Å². The molecule has 0 saturated carbocycles. The minimum Gasteiger partial charge on any atom is -0.493 e. The molecule has 0 aliphatic heterocycles. The maximum absolute atomic E-state index is 12.7. The Balaban J connectivity index is 2.63. The van der Waals surface area contributed by atoms with Crippen molar-refractivity contribution in [2.75, 3.05) is 18.9 Å². The monoisotopic (exact) mass is 449 g/mol. The minimum atomic E-state index is -4.48. The number of sulfonamides is 1. The number of carboxylic acid groups (broad SMARTS) is 2. The molecule has 2 aromatic carbocycles. The smallest absolute Gasteiger partial charge is 0.337 e. The maximum atomic E-state index is 12.7. The number of methoxy groups -OCH3 is 2. The van der Waals surface area contributed by atoms with Crippen LogP contribution in [0.15, 0.2) is 29.2 Å². The third-order valence-corrected chi connectivity index (χ3v) is 5.68. The van der Waals surface area contributed by atoms with Crippen LogP contribution in [-0.2, 0) is 10.0 Å². The van der Waals surface area contributed by atoms with Crippen molar-refractivity contribution < 1.29 is 37.7 Å². The van der Waals surface area contributed by atoms with Gasteiger partial charge in [0.1, 0.15) is 4.90 Å². The van der Waals surface area contributed by atoms with E-state index in [4.69, 9.17) is 37.8 Å². The van der Waals surface area contributed by atoms with Gasteiger partial charge in [0.25, 0.3) is 10.0 Å². The summed E-state index contributed by atoms with van der Waals surface area (Å²) in [6.07, 6.45) is 0. The predicted octanol–water partition coefficient (Wildman–Crippen LogP) is 3.21. The Bertz CT molecular complexity index is 1070. The highest BCUT2D eigenvalue weighted by atomic mass is 35.5. The van der Waals surface area contributed by atoms with Gasteiger partial charge >= 0.3 is 11.9 Å². The van der Waals surface area contributed by atoms with Crippen LogP contribution in [0.5, 0.6) is 11.5 Å². The summed E-state index contributed by atoms with van der Waals surface area (Å²) < 4.78 is 37.6. The van der Waals surface area contributed by atoms with Crippen LogP contribution in [0.4, 0.5) is 5.69 Å². The molecule has 0 atom stereocenters. The molecule has 0 fully saturated rings. The van der Waals surface area contributed by atoms with Crippen LogP contribution in [0.2, 0.25) is 10.0 Å². The number of hydrogen-bond acceptors (Lipinski definition) is 6. The van der Waals surface area contributed by atoms with E-state index in [2.05, 4.69) is 4.72 Å². The van der Waals surface area contributed by atoms with Crippen LogP contribution >= 0.6 is 23.2 Å². The molecule has 0 bridgehead atoms. The van der Waals surface area contributed by atoms with Crippen LogP contribution in [0.1, 0.15) is 20.7 Å². The molecule has 0 radical (unpaired) electrons. The van der Waals surface area contributed by atoms with Gasteiger partial charge in [0.2, 0.25) is 0 Å². The summed E-state index contributed by atoms with van der Waals surface area (Å²) in [4.78, 5) is 22.1. The van der Waals surface area contributed by atoms with Gasteiger partial charge in [-0.2, -0.15) is 0 Å². The Kier molecular flexibility index (Phi) is 6.27. The average molecular weight is 450 g/mol. The third kappa shape index (κ3) is 4.24. The first-order chi connectivity index (χ1) is 13.0. The van der Waals surface area contributed by atoms with Crippen LogP contribution < -0.4 is 14.2 Å². The zero-order chi connectivity index (χ0) is 21.2. The Morgan fingerprint density at radius 1 is 0.893 bits per heavy atom. The number of hydrogen-bond donors (Lipinski definition) is 3. The topological polar surface area (TPSA) is 139 Å². The highest BCUT2D eigenvalue weighted by Gasteiger charge is 2.25. The second kappa shape index (κ2) is 8.13. The number of nitrogens with one attached hydrogen (secondary N) is 1. The molecule has 0 aromatic heterocycles. The molecule has 0 spiro atoms. The van der Waals surface area contributed by atoms with Crippen molar-refractivity contribution in [3.8, 4) is 11.5 Å². The highest BCUT2D eigenvalue weighted by Crippen LogP contribution is 2.36. The normalized spacial score (nSPS) is 11.0. The summed E-state index contributed by atoms with van der Waals surface area (Å²) >= 11 is 11.7. The van der Waals surface area contributed by atoms with Gasteiger partial charge in [-0.25, -0.2) is 18.0 Å². The molecule has 0 amide bonds. The third-order valence-electron chi connectivity index (χ3n) is 3.54.